The third-order valence-corrected chi connectivity index (χ3v) is 3.09. The van der Waals surface area contributed by atoms with E-state index in [0.717, 1.165) is 5.56 Å². The lowest BCUT2D eigenvalue weighted by Crippen LogP contribution is -2.07. The Morgan fingerprint density at radius 1 is 1.11 bits per heavy atom. The van der Waals surface area contributed by atoms with Crippen molar-refractivity contribution in [3.05, 3.63) is 64.7 Å². The molecule has 0 atom stereocenters. The van der Waals surface area contributed by atoms with Crippen molar-refractivity contribution < 1.29 is 4.79 Å². The van der Waals surface area contributed by atoms with E-state index >= 15 is 0 Å². The predicted molar refractivity (Wildman–Crippen MR) is 75.5 cm³/mol. The summed E-state index contributed by atoms with van der Waals surface area (Å²) in [4.78, 5) is 12.2. The summed E-state index contributed by atoms with van der Waals surface area (Å²) in [6, 6.07) is 15.0. The van der Waals surface area contributed by atoms with Crippen molar-refractivity contribution in [2.75, 3.05) is 12.4 Å². The van der Waals surface area contributed by atoms with Crippen molar-refractivity contribution >= 4 is 23.1 Å². The molecule has 1 N–H and O–H groups in total. The number of hydrogen-bond acceptors (Lipinski definition) is 2. The lowest BCUT2D eigenvalue weighted by molar-refractivity contribution is 0.0994. The van der Waals surface area contributed by atoms with Crippen molar-refractivity contribution in [3.8, 4) is 0 Å². The van der Waals surface area contributed by atoms with Crippen LogP contribution in [0, 0.1) is 0 Å². The Morgan fingerprint density at radius 2 is 1.83 bits per heavy atom. The van der Waals surface area contributed by atoms with Crippen molar-refractivity contribution in [3.63, 3.8) is 0 Å². The van der Waals surface area contributed by atoms with E-state index in [2.05, 4.69) is 5.32 Å². The van der Waals surface area contributed by atoms with Crippen LogP contribution in [0.25, 0.3) is 0 Å². The van der Waals surface area contributed by atoms with Gasteiger partial charge in [0.05, 0.1) is 10.7 Å². The first kappa shape index (κ1) is 12.7. The highest BCUT2D eigenvalue weighted by molar-refractivity contribution is 6.34. The lowest BCUT2D eigenvalue weighted by atomic mass is 10.0. The molecule has 0 amide bonds. The Kier molecular flexibility index (Phi) is 4.00. The van der Waals surface area contributed by atoms with E-state index in [0.29, 0.717) is 22.7 Å². The summed E-state index contributed by atoms with van der Waals surface area (Å²) in [6.07, 6.45) is 0.385. The summed E-state index contributed by atoms with van der Waals surface area (Å²) >= 11 is 6.06. The Bertz CT molecular complexity index is 552. The van der Waals surface area contributed by atoms with Gasteiger partial charge in [-0.05, 0) is 17.7 Å². The second kappa shape index (κ2) is 5.69. The van der Waals surface area contributed by atoms with Gasteiger partial charge in [0.15, 0.2) is 5.78 Å². The molecule has 2 rings (SSSR count). The van der Waals surface area contributed by atoms with E-state index in [9.17, 15) is 4.79 Å². The highest BCUT2D eigenvalue weighted by Gasteiger charge is 2.13. The number of hydrogen-bond donors (Lipinski definition) is 1. The Labute approximate surface area is 112 Å². The number of rotatable bonds is 4. The van der Waals surface area contributed by atoms with E-state index in [1.54, 1.807) is 25.2 Å². The number of halogens is 1. The second-order valence-corrected chi connectivity index (χ2v) is 4.41. The molecule has 0 heterocycles. The summed E-state index contributed by atoms with van der Waals surface area (Å²) in [5, 5.41) is 3.54. The van der Waals surface area contributed by atoms with E-state index in [1.807, 2.05) is 30.3 Å². The molecule has 0 spiro atoms. The first-order valence-electron chi connectivity index (χ1n) is 5.75. The van der Waals surface area contributed by atoms with Gasteiger partial charge in [-0.1, -0.05) is 48.0 Å². The topological polar surface area (TPSA) is 29.1 Å². The summed E-state index contributed by atoms with van der Waals surface area (Å²) in [5.41, 5.74) is 2.33. The van der Waals surface area contributed by atoms with Crippen LogP contribution in [0.1, 0.15) is 15.9 Å². The molecule has 0 saturated heterocycles. The normalized spacial score (nSPS) is 10.1. The molecule has 0 radical (unpaired) electrons. The molecule has 18 heavy (non-hydrogen) atoms. The van der Waals surface area contributed by atoms with Gasteiger partial charge < -0.3 is 5.32 Å². The van der Waals surface area contributed by atoms with Gasteiger partial charge in [0, 0.05) is 19.0 Å². The molecular weight excluding hydrogens is 246 g/mol. The van der Waals surface area contributed by atoms with Gasteiger partial charge in [0.25, 0.3) is 0 Å². The number of carbonyl (C=O) groups is 1. The SMILES string of the molecule is CNc1c(Cl)cccc1C(=O)Cc1ccccc1. The van der Waals surface area contributed by atoms with Crippen molar-refractivity contribution in [2.45, 2.75) is 6.42 Å². The summed E-state index contributed by atoms with van der Waals surface area (Å²) in [6.45, 7) is 0. The van der Waals surface area contributed by atoms with Gasteiger partial charge in [0.2, 0.25) is 0 Å². The van der Waals surface area contributed by atoms with Gasteiger partial charge in [-0.15, -0.1) is 0 Å². The van der Waals surface area contributed by atoms with E-state index in [1.165, 1.54) is 0 Å². The lowest BCUT2D eigenvalue weighted by Gasteiger charge is -2.10. The smallest absolute Gasteiger partial charge is 0.169 e. The van der Waals surface area contributed by atoms with Crippen molar-refractivity contribution in [1.82, 2.24) is 0 Å². The molecule has 0 aromatic heterocycles. The summed E-state index contributed by atoms with van der Waals surface area (Å²) in [5.74, 6) is 0.0630. The molecule has 2 aromatic carbocycles. The number of Topliss-reactive ketones (excluding diaryl/α,β-unsaturated/α-hetero) is 1. The average molecular weight is 260 g/mol. The zero-order valence-electron chi connectivity index (χ0n) is 10.1. The summed E-state index contributed by atoms with van der Waals surface area (Å²) in [7, 11) is 1.76. The third kappa shape index (κ3) is 2.71. The van der Waals surface area contributed by atoms with Crippen molar-refractivity contribution in [1.29, 1.82) is 0 Å². The molecule has 0 aliphatic carbocycles. The minimum atomic E-state index is 0.0630. The quantitative estimate of drug-likeness (QED) is 0.846. The Balaban J connectivity index is 2.27. The molecule has 0 saturated carbocycles. The van der Waals surface area contributed by atoms with E-state index in [4.69, 9.17) is 11.6 Å². The van der Waals surface area contributed by atoms with E-state index < -0.39 is 0 Å². The Morgan fingerprint density at radius 3 is 2.50 bits per heavy atom. The maximum absolute atomic E-state index is 12.2. The first-order valence-corrected chi connectivity index (χ1v) is 6.13. The minimum absolute atomic E-state index is 0.0630. The van der Waals surface area contributed by atoms with Crippen LogP contribution < -0.4 is 5.32 Å². The minimum Gasteiger partial charge on any atom is -0.386 e. The van der Waals surface area contributed by atoms with Crippen LogP contribution in [-0.4, -0.2) is 12.8 Å². The second-order valence-electron chi connectivity index (χ2n) is 4.00. The fourth-order valence-electron chi connectivity index (χ4n) is 1.89. The van der Waals surface area contributed by atoms with Crippen LogP contribution in [-0.2, 0) is 6.42 Å². The van der Waals surface area contributed by atoms with Crippen LogP contribution in [0.4, 0.5) is 5.69 Å². The fourth-order valence-corrected chi connectivity index (χ4v) is 2.16. The van der Waals surface area contributed by atoms with Gasteiger partial charge >= 0.3 is 0 Å². The number of anilines is 1. The standard InChI is InChI=1S/C15H14ClNO/c1-17-15-12(8-5-9-13(15)16)14(18)10-11-6-3-2-4-7-11/h2-9,17H,10H2,1H3. The zero-order chi connectivity index (χ0) is 13.0. The molecule has 0 aliphatic heterocycles. The maximum Gasteiger partial charge on any atom is 0.169 e. The number of para-hydroxylation sites is 1. The highest BCUT2D eigenvalue weighted by Crippen LogP contribution is 2.26. The molecule has 2 nitrogen and oxygen atoms in total. The van der Waals surface area contributed by atoms with Gasteiger partial charge in [-0.3, -0.25) is 4.79 Å². The first-order chi connectivity index (χ1) is 8.72. The van der Waals surface area contributed by atoms with Gasteiger partial charge in [-0.25, -0.2) is 0 Å². The van der Waals surface area contributed by atoms with Crippen molar-refractivity contribution in [2.24, 2.45) is 0 Å². The third-order valence-electron chi connectivity index (χ3n) is 2.77. The average Bonchev–Trinajstić information content (AvgIpc) is 2.39. The molecule has 92 valence electrons. The number of carbonyl (C=O) groups excluding carboxylic acids is 1. The highest BCUT2D eigenvalue weighted by atomic mass is 35.5. The van der Waals surface area contributed by atoms with Crippen LogP contribution in [0.2, 0.25) is 5.02 Å². The van der Waals surface area contributed by atoms with Crippen LogP contribution in [0.15, 0.2) is 48.5 Å². The molecule has 3 heteroatoms. The number of nitrogens with one attached hydrogen (secondary N) is 1. The number of ketones is 1. The molecule has 0 unspecified atom stereocenters. The monoisotopic (exact) mass is 259 g/mol. The zero-order valence-corrected chi connectivity index (χ0v) is 10.9. The molecule has 2 aromatic rings. The summed E-state index contributed by atoms with van der Waals surface area (Å²) < 4.78 is 0. The molecule has 0 bridgehead atoms. The number of benzene rings is 2. The molecule has 0 fully saturated rings. The molecular formula is C15H14ClNO. The largest absolute Gasteiger partial charge is 0.386 e. The van der Waals surface area contributed by atoms with Crippen LogP contribution in [0.3, 0.4) is 0 Å². The van der Waals surface area contributed by atoms with Gasteiger partial charge in [-0.2, -0.15) is 0 Å². The van der Waals surface area contributed by atoms with Crippen LogP contribution >= 0.6 is 11.6 Å². The van der Waals surface area contributed by atoms with Gasteiger partial charge in [0.1, 0.15) is 0 Å². The molecule has 0 aliphatic rings. The predicted octanol–water partition coefficient (Wildman–Crippen LogP) is 3.81. The van der Waals surface area contributed by atoms with Crippen LogP contribution in [0.5, 0.6) is 0 Å². The van der Waals surface area contributed by atoms with E-state index in [-0.39, 0.29) is 5.78 Å². The maximum atomic E-state index is 12.2. The Hall–Kier alpha value is -1.80. The fraction of sp³-hybridized carbons (Fsp3) is 0.133.